The third-order valence-corrected chi connectivity index (χ3v) is 5.90. The van der Waals surface area contributed by atoms with Crippen LogP contribution in [0.3, 0.4) is 0 Å². The van der Waals surface area contributed by atoms with Gasteiger partial charge >= 0.3 is 12.2 Å². The minimum absolute atomic E-state index is 0.142. The van der Waals surface area contributed by atoms with E-state index >= 15 is 0 Å². The molecule has 0 aliphatic carbocycles. The van der Waals surface area contributed by atoms with Crippen molar-refractivity contribution in [2.45, 2.75) is 65.8 Å². The lowest BCUT2D eigenvalue weighted by molar-refractivity contribution is 0.0256. The van der Waals surface area contributed by atoms with Gasteiger partial charge in [0.05, 0.1) is 12.8 Å². The molecule has 0 saturated heterocycles. The van der Waals surface area contributed by atoms with Crippen molar-refractivity contribution in [1.82, 2.24) is 19.5 Å². The highest BCUT2D eigenvalue weighted by atomic mass is 16.6. The minimum atomic E-state index is -0.699. The summed E-state index contributed by atoms with van der Waals surface area (Å²) < 4.78 is 13.0. The van der Waals surface area contributed by atoms with Gasteiger partial charge in [-0.15, -0.1) is 0 Å². The van der Waals surface area contributed by atoms with Crippen molar-refractivity contribution in [2.24, 2.45) is 0 Å². The highest BCUT2D eigenvalue weighted by Crippen LogP contribution is 2.29. The van der Waals surface area contributed by atoms with Gasteiger partial charge in [0.2, 0.25) is 0 Å². The molecule has 1 aliphatic heterocycles. The predicted molar refractivity (Wildman–Crippen MR) is 149 cm³/mol. The molecule has 2 N–H and O–H groups in total. The Morgan fingerprint density at radius 3 is 2.41 bits per heavy atom. The summed E-state index contributed by atoms with van der Waals surface area (Å²) in [5, 5.41) is 17.7. The molecule has 0 fully saturated rings. The fraction of sp³-hybridized carbons (Fsp3) is 0.500. The number of nitrogens with zero attached hydrogens (tertiary/aromatic N) is 5. The van der Waals surface area contributed by atoms with Gasteiger partial charge in [-0.05, 0) is 83.4 Å². The van der Waals surface area contributed by atoms with Gasteiger partial charge in [0.15, 0.2) is 5.65 Å². The first kappa shape index (κ1) is 28.2. The molecule has 39 heavy (non-hydrogen) atoms. The molecule has 210 valence electrons. The molecular weight excluding hydrogens is 500 g/mol. The van der Waals surface area contributed by atoms with Crippen LogP contribution in [0, 0.1) is 0 Å². The van der Waals surface area contributed by atoms with Gasteiger partial charge in [0.25, 0.3) is 0 Å². The highest BCUT2D eigenvalue weighted by molar-refractivity contribution is 5.88. The monoisotopic (exact) mass is 538 g/mol. The zero-order valence-electron chi connectivity index (χ0n) is 23.5. The summed E-state index contributed by atoms with van der Waals surface area (Å²) in [6, 6.07) is 7.42. The Morgan fingerprint density at radius 1 is 1.00 bits per heavy atom. The number of carbonyl (C=O) groups is 2. The molecule has 2 amide bonds. The molecule has 2 aromatic heterocycles. The van der Waals surface area contributed by atoms with Crippen LogP contribution in [0.15, 0.2) is 36.7 Å². The number of amides is 2. The molecule has 1 aliphatic rings. The van der Waals surface area contributed by atoms with E-state index in [2.05, 4.69) is 10.4 Å². The van der Waals surface area contributed by atoms with Gasteiger partial charge in [-0.2, -0.15) is 5.10 Å². The fourth-order valence-corrected chi connectivity index (χ4v) is 4.25. The summed E-state index contributed by atoms with van der Waals surface area (Å²) in [6.45, 7) is 12.3. The summed E-state index contributed by atoms with van der Waals surface area (Å²) in [6.07, 6.45) is 2.98. The fourth-order valence-electron chi connectivity index (χ4n) is 4.25. The molecule has 0 spiro atoms. The number of fused-ring (bicyclic) bond motifs is 4. The van der Waals surface area contributed by atoms with E-state index in [1.807, 2.05) is 59.7 Å². The lowest BCUT2D eigenvalue weighted by Crippen LogP contribution is -2.42. The van der Waals surface area contributed by atoms with E-state index in [1.165, 1.54) is 4.90 Å². The number of carbonyl (C=O) groups excluding carboxylic acids is 2. The van der Waals surface area contributed by atoms with Gasteiger partial charge < -0.3 is 24.8 Å². The van der Waals surface area contributed by atoms with Crippen molar-refractivity contribution in [3.8, 4) is 11.1 Å². The summed E-state index contributed by atoms with van der Waals surface area (Å²) in [5.74, 6) is 0.411. The number of anilines is 2. The van der Waals surface area contributed by atoms with Gasteiger partial charge in [0.1, 0.15) is 17.0 Å². The van der Waals surface area contributed by atoms with Crippen LogP contribution in [0.2, 0.25) is 0 Å². The van der Waals surface area contributed by atoms with Crippen LogP contribution >= 0.6 is 0 Å². The molecular formula is C28H38N6O5. The van der Waals surface area contributed by atoms with Crippen LogP contribution in [0.4, 0.5) is 21.1 Å². The molecule has 4 rings (SSSR count). The first-order valence-electron chi connectivity index (χ1n) is 13.1. The van der Waals surface area contributed by atoms with Crippen LogP contribution in [0.5, 0.6) is 0 Å². The van der Waals surface area contributed by atoms with Crippen LogP contribution in [-0.2, 0) is 16.1 Å². The minimum Gasteiger partial charge on any atom is -0.444 e. The van der Waals surface area contributed by atoms with Crippen molar-refractivity contribution in [3.63, 3.8) is 0 Å². The topological polar surface area (TPSA) is 122 Å². The van der Waals surface area contributed by atoms with E-state index in [-0.39, 0.29) is 13.2 Å². The summed E-state index contributed by atoms with van der Waals surface area (Å²) in [4.78, 5) is 34.3. The number of benzene rings is 1. The molecule has 4 bridgehead atoms. The van der Waals surface area contributed by atoms with Crippen molar-refractivity contribution in [3.05, 3.63) is 42.2 Å². The molecule has 0 saturated carbocycles. The largest absolute Gasteiger partial charge is 0.444 e. The van der Waals surface area contributed by atoms with Crippen LogP contribution in [0.1, 0.15) is 53.5 Å². The molecule has 0 atom stereocenters. The van der Waals surface area contributed by atoms with E-state index < -0.39 is 23.4 Å². The Hall–Kier alpha value is -3.86. The number of aliphatic hydroxyl groups is 1. The zero-order chi connectivity index (χ0) is 28.4. The Balaban J connectivity index is 1.78. The average Bonchev–Trinajstić information content (AvgIpc) is 3.25. The second kappa shape index (κ2) is 11.1. The Labute approximate surface area is 228 Å². The van der Waals surface area contributed by atoms with Crippen LogP contribution in [-0.4, -0.2) is 74.2 Å². The van der Waals surface area contributed by atoms with E-state index in [9.17, 15) is 14.7 Å². The number of aromatic nitrogens is 3. The standard InChI is InChI=1S/C28H38N6O5/c1-27(2,3)38-25(36)32-10-7-11-33(26(37)39-28(4,5)6)23-8-12-34-24(31-23)22(17-30-34)20-14-19(18-35)15-21(16-20)29-9-13-32/h8,12,14-17,29,35H,7,9-11,13,18H2,1-6H3. The maximum Gasteiger partial charge on any atom is 0.416 e. The first-order chi connectivity index (χ1) is 18.3. The second-order valence-corrected chi connectivity index (χ2v) is 11.6. The van der Waals surface area contributed by atoms with E-state index in [0.29, 0.717) is 43.1 Å². The Kier molecular flexibility index (Phi) is 8.01. The molecule has 3 aromatic rings. The SMILES string of the molecule is CC(C)(C)OC(=O)N1CCCN(C(=O)OC(C)(C)C)c2ccn3ncc(c3n2)-c2cc(CO)cc(c2)NCC1. The molecule has 11 heteroatoms. The van der Waals surface area contributed by atoms with Gasteiger partial charge in [0, 0.05) is 43.6 Å². The number of ether oxygens (including phenoxy) is 2. The molecule has 11 nitrogen and oxygen atoms in total. The second-order valence-electron chi connectivity index (χ2n) is 11.6. The maximum atomic E-state index is 13.3. The van der Waals surface area contributed by atoms with E-state index in [4.69, 9.17) is 14.5 Å². The van der Waals surface area contributed by atoms with Crippen molar-refractivity contribution < 1.29 is 24.2 Å². The van der Waals surface area contributed by atoms with E-state index in [1.54, 1.807) is 27.9 Å². The summed E-state index contributed by atoms with van der Waals surface area (Å²) in [7, 11) is 0. The van der Waals surface area contributed by atoms with Crippen LogP contribution < -0.4 is 10.2 Å². The predicted octanol–water partition coefficient (Wildman–Crippen LogP) is 4.68. The molecule has 0 radical (unpaired) electrons. The summed E-state index contributed by atoms with van der Waals surface area (Å²) >= 11 is 0. The quantitative estimate of drug-likeness (QED) is 0.458. The summed E-state index contributed by atoms with van der Waals surface area (Å²) in [5.41, 5.74) is 2.30. The third-order valence-electron chi connectivity index (χ3n) is 5.90. The van der Waals surface area contributed by atoms with Crippen molar-refractivity contribution in [2.75, 3.05) is 36.4 Å². The zero-order valence-corrected chi connectivity index (χ0v) is 23.5. The van der Waals surface area contributed by atoms with Gasteiger partial charge in [-0.3, -0.25) is 4.90 Å². The Morgan fingerprint density at radius 2 is 1.72 bits per heavy atom. The number of rotatable bonds is 1. The number of nitrogens with one attached hydrogen (secondary N) is 1. The lowest BCUT2D eigenvalue weighted by Gasteiger charge is -2.29. The molecule has 3 heterocycles. The number of hydrogen-bond acceptors (Lipinski definition) is 8. The van der Waals surface area contributed by atoms with Crippen molar-refractivity contribution >= 4 is 29.3 Å². The van der Waals surface area contributed by atoms with Gasteiger partial charge in [-0.25, -0.2) is 19.1 Å². The third kappa shape index (κ3) is 7.17. The number of aliphatic hydroxyl groups excluding tert-OH is 1. The van der Waals surface area contributed by atoms with Gasteiger partial charge in [-0.1, -0.05) is 0 Å². The Bertz CT molecular complexity index is 1340. The number of hydrogen-bond donors (Lipinski definition) is 2. The average molecular weight is 539 g/mol. The van der Waals surface area contributed by atoms with Crippen molar-refractivity contribution in [1.29, 1.82) is 0 Å². The molecule has 1 aromatic carbocycles. The first-order valence-corrected chi connectivity index (χ1v) is 13.1. The normalized spacial score (nSPS) is 14.9. The lowest BCUT2D eigenvalue weighted by atomic mass is 10.0. The van der Waals surface area contributed by atoms with E-state index in [0.717, 1.165) is 16.8 Å². The smallest absolute Gasteiger partial charge is 0.416 e. The maximum absolute atomic E-state index is 13.3. The molecule has 0 unspecified atom stereocenters. The highest BCUT2D eigenvalue weighted by Gasteiger charge is 2.27. The van der Waals surface area contributed by atoms with Crippen LogP contribution in [0.25, 0.3) is 16.8 Å².